The highest BCUT2D eigenvalue weighted by molar-refractivity contribution is 7.89. The van der Waals surface area contributed by atoms with E-state index in [0.29, 0.717) is 5.69 Å². The maximum atomic E-state index is 12.0. The van der Waals surface area contributed by atoms with E-state index >= 15 is 0 Å². The summed E-state index contributed by atoms with van der Waals surface area (Å²) in [7, 11) is -3.59. The number of carbonyl (C=O) groups is 1. The number of aromatic nitrogens is 1. The number of aryl methyl sites for hydroxylation is 1. The van der Waals surface area contributed by atoms with Gasteiger partial charge in [-0.25, -0.2) is 13.1 Å². The van der Waals surface area contributed by atoms with Gasteiger partial charge in [0.25, 0.3) is 0 Å². The van der Waals surface area contributed by atoms with Crippen molar-refractivity contribution in [2.24, 2.45) is 0 Å². The van der Waals surface area contributed by atoms with E-state index in [4.69, 9.17) is 0 Å². The Morgan fingerprint density at radius 3 is 2.55 bits per heavy atom. The van der Waals surface area contributed by atoms with Gasteiger partial charge in [0.15, 0.2) is 0 Å². The quantitative estimate of drug-likeness (QED) is 0.848. The van der Waals surface area contributed by atoms with Crippen LogP contribution in [0.5, 0.6) is 0 Å². The summed E-state index contributed by atoms with van der Waals surface area (Å²) in [5, 5.41) is 2.64. The number of pyridine rings is 1. The lowest BCUT2D eigenvalue weighted by atomic mass is 10.2. The summed E-state index contributed by atoms with van der Waals surface area (Å²) in [6.07, 6.45) is 3.17. The van der Waals surface area contributed by atoms with Gasteiger partial charge in [0.1, 0.15) is 0 Å². The number of amides is 1. The van der Waals surface area contributed by atoms with Crippen LogP contribution in [0.15, 0.2) is 53.7 Å². The molecule has 1 heterocycles. The van der Waals surface area contributed by atoms with Crippen LogP contribution in [0, 0.1) is 6.92 Å². The molecule has 0 aliphatic rings. The van der Waals surface area contributed by atoms with E-state index in [1.807, 2.05) is 6.92 Å². The van der Waals surface area contributed by atoms with Gasteiger partial charge in [0.2, 0.25) is 15.9 Å². The van der Waals surface area contributed by atoms with Crippen molar-refractivity contribution in [3.05, 3.63) is 54.4 Å². The molecule has 1 aromatic heterocycles. The Hall–Kier alpha value is -2.25. The zero-order valence-electron chi connectivity index (χ0n) is 12.1. The first-order valence-electron chi connectivity index (χ1n) is 6.73. The van der Waals surface area contributed by atoms with E-state index < -0.39 is 10.0 Å². The summed E-state index contributed by atoms with van der Waals surface area (Å²) >= 11 is 0. The summed E-state index contributed by atoms with van der Waals surface area (Å²) in [4.78, 5) is 15.8. The number of benzene rings is 1. The lowest BCUT2D eigenvalue weighted by molar-refractivity contribution is -0.116. The van der Waals surface area contributed by atoms with Gasteiger partial charge < -0.3 is 5.32 Å². The van der Waals surface area contributed by atoms with Crippen LogP contribution in [0.1, 0.15) is 12.0 Å². The lowest BCUT2D eigenvalue weighted by Gasteiger charge is -2.07. The van der Waals surface area contributed by atoms with Crippen LogP contribution in [0.25, 0.3) is 0 Å². The number of rotatable bonds is 6. The zero-order chi connectivity index (χ0) is 16.0. The number of carbonyl (C=O) groups excluding carboxylic acids is 1. The van der Waals surface area contributed by atoms with Crippen LogP contribution < -0.4 is 10.0 Å². The minimum absolute atomic E-state index is 0.0301. The number of nitrogens with zero attached hydrogens (tertiary/aromatic N) is 1. The molecule has 0 radical (unpaired) electrons. The normalized spacial score (nSPS) is 11.1. The molecule has 1 amide bonds. The molecule has 0 bridgehead atoms. The first-order chi connectivity index (χ1) is 10.5. The van der Waals surface area contributed by atoms with E-state index in [1.54, 1.807) is 30.5 Å². The van der Waals surface area contributed by atoms with Crippen molar-refractivity contribution < 1.29 is 13.2 Å². The highest BCUT2D eigenvalue weighted by Crippen LogP contribution is 2.09. The lowest BCUT2D eigenvalue weighted by Crippen LogP contribution is -2.27. The number of hydrogen-bond acceptors (Lipinski definition) is 4. The van der Waals surface area contributed by atoms with E-state index in [9.17, 15) is 13.2 Å². The third-order valence-electron chi connectivity index (χ3n) is 2.92. The molecule has 0 aliphatic heterocycles. The van der Waals surface area contributed by atoms with Crippen LogP contribution in [0.4, 0.5) is 5.69 Å². The minimum atomic E-state index is -3.59. The molecule has 0 fully saturated rings. The zero-order valence-corrected chi connectivity index (χ0v) is 12.9. The number of nitrogens with one attached hydrogen (secondary N) is 2. The second-order valence-corrected chi connectivity index (χ2v) is 6.52. The molecule has 0 unspecified atom stereocenters. The topological polar surface area (TPSA) is 88.2 Å². The first kappa shape index (κ1) is 16.1. The molecule has 22 heavy (non-hydrogen) atoms. The van der Waals surface area contributed by atoms with Crippen molar-refractivity contribution in [3.63, 3.8) is 0 Å². The summed E-state index contributed by atoms with van der Waals surface area (Å²) in [5.41, 5.74) is 1.56. The number of sulfonamides is 1. The average Bonchev–Trinajstić information content (AvgIpc) is 2.48. The third-order valence-corrected chi connectivity index (χ3v) is 4.40. The predicted octanol–water partition coefficient (Wildman–Crippen LogP) is 1.70. The van der Waals surface area contributed by atoms with Crippen LogP contribution in [-0.2, 0) is 14.8 Å². The van der Waals surface area contributed by atoms with Crippen molar-refractivity contribution in [1.82, 2.24) is 9.71 Å². The maximum Gasteiger partial charge on any atom is 0.240 e. The Balaban J connectivity index is 1.85. The van der Waals surface area contributed by atoms with Crippen molar-refractivity contribution in [2.45, 2.75) is 18.2 Å². The van der Waals surface area contributed by atoms with Gasteiger partial charge in [-0.2, -0.15) is 0 Å². The van der Waals surface area contributed by atoms with Crippen molar-refractivity contribution in [1.29, 1.82) is 0 Å². The predicted molar refractivity (Wildman–Crippen MR) is 83.9 cm³/mol. The Labute approximate surface area is 129 Å². The summed E-state index contributed by atoms with van der Waals surface area (Å²) in [5.74, 6) is -0.278. The molecule has 6 nitrogen and oxygen atoms in total. The molecule has 7 heteroatoms. The second kappa shape index (κ2) is 7.15. The van der Waals surface area contributed by atoms with Gasteiger partial charge in [0.05, 0.1) is 16.8 Å². The molecule has 116 valence electrons. The van der Waals surface area contributed by atoms with Crippen LogP contribution in [0.2, 0.25) is 0 Å². The van der Waals surface area contributed by atoms with E-state index in [2.05, 4.69) is 15.0 Å². The van der Waals surface area contributed by atoms with Gasteiger partial charge in [-0.15, -0.1) is 0 Å². The minimum Gasteiger partial charge on any atom is -0.325 e. The fourth-order valence-corrected chi connectivity index (χ4v) is 2.79. The molecular formula is C15H17N3O3S. The molecule has 1 aromatic carbocycles. The SMILES string of the molecule is Cc1ccc(S(=O)(=O)NCCC(=O)Nc2cccnc2)cc1. The number of anilines is 1. The molecule has 2 rings (SSSR count). The largest absolute Gasteiger partial charge is 0.325 e. The molecule has 0 saturated heterocycles. The second-order valence-electron chi connectivity index (χ2n) is 4.75. The van der Waals surface area contributed by atoms with Crippen LogP contribution in [-0.4, -0.2) is 25.9 Å². The summed E-state index contributed by atoms with van der Waals surface area (Å²) < 4.78 is 26.5. The molecule has 0 atom stereocenters. The Bertz CT molecular complexity index is 728. The van der Waals surface area contributed by atoms with Crippen molar-refractivity contribution in [3.8, 4) is 0 Å². The monoisotopic (exact) mass is 319 g/mol. The van der Waals surface area contributed by atoms with Crippen molar-refractivity contribution >= 4 is 21.6 Å². The van der Waals surface area contributed by atoms with Gasteiger partial charge in [0, 0.05) is 19.2 Å². The van der Waals surface area contributed by atoms with E-state index in [0.717, 1.165) is 5.56 Å². The Morgan fingerprint density at radius 1 is 1.18 bits per heavy atom. The highest BCUT2D eigenvalue weighted by atomic mass is 32.2. The van der Waals surface area contributed by atoms with Crippen LogP contribution >= 0.6 is 0 Å². The maximum absolute atomic E-state index is 12.0. The summed E-state index contributed by atoms with van der Waals surface area (Å²) in [6, 6.07) is 9.94. The van der Waals surface area contributed by atoms with Crippen LogP contribution in [0.3, 0.4) is 0 Å². The molecule has 2 N–H and O–H groups in total. The van der Waals surface area contributed by atoms with Crippen molar-refractivity contribution in [2.75, 3.05) is 11.9 Å². The highest BCUT2D eigenvalue weighted by Gasteiger charge is 2.13. The van der Waals surface area contributed by atoms with Gasteiger partial charge in [-0.3, -0.25) is 9.78 Å². The standard InChI is InChI=1S/C15H17N3O3S/c1-12-4-6-14(7-5-12)22(20,21)17-10-8-15(19)18-13-3-2-9-16-11-13/h2-7,9,11,17H,8,10H2,1H3,(H,18,19). The summed E-state index contributed by atoms with van der Waals surface area (Å²) in [6.45, 7) is 1.91. The molecule has 0 saturated carbocycles. The van der Waals surface area contributed by atoms with E-state index in [-0.39, 0.29) is 23.8 Å². The Kier molecular flexibility index (Phi) is 5.24. The third kappa shape index (κ3) is 4.64. The molecule has 0 aliphatic carbocycles. The van der Waals surface area contributed by atoms with Gasteiger partial charge in [-0.05, 0) is 31.2 Å². The smallest absolute Gasteiger partial charge is 0.240 e. The molecule has 0 spiro atoms. The fourth-order valence-electron chi connectivity index (χ4n) is 1.76. The number of hydrogen-bond donors (Lipinski definition) is 2. The average molecular weight is 319 g/mol. The van der Waals surface area contributed by atoms with Gasteiger partial charge >= 0.3 is 0 Å². The first-order valence-corrected chi connectivity index (χ1v) is 8.22. The molecule has 2 aromatic rings. The molecular weight excluding hydrogens is 302 g/mol. The van der Waals surface area contributed by atoms with E-state index in [1.165, 1.54) is 18.3 Å². The Morgan fingerprint density at radius 2 is 1.91 bits per heavy atom. The fraction of sp³-hybridized carbons (Fsp3) is 0.200. The van der Waals surface area contributed by atoms with Gasteiger partial charge in [-0.1, -0.05) is 17.7 Å².